The standard InChI is InChI=1S/C12H14F2N2/c1-3-4-8(2)16-10-6-5-9(7-15)11(13)12(10)14/h5-6,8,16H,3-4H2,1-2H3. The lowest BCUT2D eigenvalue weighted by Gasteiger charge is -2.15. The minimum atomic E-state index is -1.09. The fourth-order valence-electron chi connectivity index (χ4n) is 1.52. The van der Waals surface area contributed by atoms with Crippen LogP contribution in [-0.4, -0.2) is 6.04 Å². The highest BCUT2D eigenvalue weighted by molar-refractivity contribution is 5.50. The summed E-state index contributed by atoms with van der Waals surface area (Å²) in [5.74, 6) is -2.07. The molecule has 1 aromatic carbocycles. The van der Waals surface area contributed by atoms with Gasteiger partial charge in [-0.25, -0.2) is 8.78 Å². The quantitative estimate of drug-likeness (QED) is 0.850. The molecule has 1 N–H and O–H groups in total. The van der Waals surface area contributed by atoms with Gasteiger partial charge in [-0.05, 0) is 25.5 Å². The Morgan fingerprint density at radius 1 is 1.38 bits per heavy atom. The lowest BCUT2D eigenvalue weighted by molar-refractivity contribution is 0.507. The molecule has 16 heavy (non-hydrogen) atoms. The lowest BCUT2D eigenvalue weighted by Crippen LogP contribution is -2.16. The van der Waals surface area contributed by atoms with Gasteiger partial charge in [-0.1, -0.05) is 13.3 Å². The number of rotatable bonds is 4. The van der Waals surface area contributed by atoms with Gasteiger partial charge in [-0.3, -0.25) is 0 Å². The van der Waals surface area contributed by atoms with E-state index in [2.05, 4.69) is 5.32 Å². The van der Waals surface area contributed by atoms with E-state index in [9.17, 15) is 8.78 Å². The molecule has 0 spiro atoms. The predicted octanol–water partition coefficient (Wildman–Crippen LogP) is 3.44. The SMILES string of the molecule is CCCC(C)Nc1ccc(C#N)c(F)c1F. The Balaban J connectivity index is 2.91. The van der Waals surface area contributed by atoms with Crippen LogP contribution in [0.2, 0.25) is 0 Å². The van der Waals surface area contributed by atoms with Crippen molar-refractivity contribution in [2.24, 2.45) is 0 Å². The number of anilines is 1. The fraction of sp³-hybridized carbons (Fsp3) is 0.417. The molecule has 4 heteroatoms. The van der Waals surface area contributed by atoms with Crippen LogP contribution in [0, 0.1) is 23.0 Å². The topological polar surface area (TPSA) is 35.8 Å². The van der Waals surface area contributed by atoms with Crippen molar-refractivity contribution in [1.29, 1.82) is 5.26 Å². The highest BCUT2D eigenvalue weighted by atomic mass is 19.2. The zero-order valence-electron chi connectivity index (χ0n) is 9.35. The molecule has 1 atom stereocenters. The second kappa shape index (κ2) is 5.45. The molecule has 0 aliphatic heterocycles. The lowest BCUT2D eigenvalue weighted by atomic mass is 10.1. The minimum absolute atomic E-state index is 0.0758. The van der Waals surface area contributed by atoms with Gasteiger partial charge in [0.25, 0.3) is 0 Å². The monoisotopic (exact) mass is 224 g/mol. The third-order valence-corrected chi connectivity index (χ3v) is 2.33. The summed E-state index contributed by atoms with van der Waals surface area (Å²) in [4.78, 5) is 0. The number of benzene rings is 1. The van der Waals surface area contributed by atoms with Gasteiger partial charge >= 0.3 is 0 Å². The zero-order valence-corrected chi connectivity index (χ0v) is 9.35. The van der Waals surface area contributed by atoms with Crippen molar-refractivity contribution >= 4 is 5.69 Å². The fourth-order valence-corrected chi connectivity index (χ4v) is 1.52. The van der Waals surface area contributed by atoms with Gasteiger partial charge in [-0.15, -0.1) is 0 Å². The molecule has 0 saturated heterocycles. The zero-order chi connectivity index (χ0) is 12.1. The Bertz CT molecular complexity index is 410. The van der Waals surface area contributed by atoms with Crippen molar-refractivity contribution in [3.63, 3.8) is 0 Å². The van der Waals surface area contributed by atoms with E-state index >= 15 is 0 Å². The van der Waals surface area contributed by atoms with Crippen LogP contribution in [0.5, 0.6) is 0 Å². The molecule has 0 bridgehead atoms. The number of hydrogen-bond donors (Lipinski definition) is 1. The molecule has 86 valence electrons. The summed E-state index contributed by atoms with van der Waals surface area (Å²) >= 11 is 0. The Kier molecular flexibility index (Phi) is 4.24. The highest BCUT2D eigenvalue weighted by Crippen LogP contribution is 2.21. The molecule has 0 aliphatic carbocycles. The van der Waals surface area contributed by atoms with Crippen LogP contribution in [-0.2, 0) is 0 Å². The van der Waals surface area contributed by atoms with Crippen LogP contribution in [0.3, 0.4) is 0 Å². The summed E-state index contributed by atoms with van der Waals surface area (Å²) in [5, 5.41) is 11.4. The molecule has 0 radical (unpaired) electrons. The third-order valence-electron chi connectivity index (χ3n) is 2.33. The molecule has 0 aromatic heterocycles. The maximum absolute atomic E-state index is 13.5. The smallest absolute Gasteiger partial charge is 0.183 e. The molecule has 1 rings (SSSR count). The molecule has 1 aromatic rings. The molecule has 0 amide bonds. The summed E-state index contributed by atoms with van der Waals surface area (Å²) in [6.07, 6.45) is 1.84. The van der Waals surface area contributed by atoms with E-state index in [-0.39, 0.29) is 17.3 Å². The molecule has 0 aliphatic rings. The maximum atomic E-state index is 13.5. The van der Waals surface area contributed by atoms with Crippen LogP contribution < -0.4 is 5.32 Å². The van der Waals surface area contributed by atoms with Gasteiger partial charge in [0.1, 0.15) is 6.07 Å². The number of nitrogens with one attached hydrogen (secondary N) is 1. The van der Waals surface area contributed by atoms with Gasteiger partial charge in [-0.2, -0.15) is 5.26 Å². The highest BCUT2D eigenvalue weighted by Gasteiger charge is 2.14. The van der Waals surface area contributed by atoms with Crippen LogP contribution in [0.25, 0.3) is 0 Å². The van der Waals surface area contributed by atoms with Gasteiger partial charge < -0.3 is 5.32 Å². The summed E-state index contributed by atoms with van der Waals surface area (Å²) in [7, 11) is 0. The molecule has 2 nitrogen and oxygen atoms in total. The maximum Gasteiger partial charge on any atom is 0.183 e. The summed E-state index contributed by atoms with van der Waals surface area (Å²) in [5.41, 5.74) is -0.163. The second-order valence-corrected chi connectivity index (χ2v) is 3.73. The normalized spacial score (nSPS) is 11.9. The largest absolute Gasteiger partial charge is 0.380 e. The number of hydrogen-bond acceptors (Lipinski definition) is 2. The van der Waals surface area contributed by atoms with E-state index in [0.29, 0.717) is 0 Å². The Morgan fingerprint density at radius 2 is 2.06 bits per heavy atom. The Morgan fingerprint density at radius 3 is 2.62 bits per heavy atom. The Hall–Kier alpha value is -1.63. The van der Waals surface area contributed by atoms with Crippen LogP contribution in [0.15, 0.2) is 12.1 Å². The number of nitriles is 1. The first-order valence-corrected chi connectivity index (χ1v) is 5.24. The number of halogens is 2. The number of nitrogens with zero attached hydrogens (tertiary/aromatic N) is 1. The van der Waals surface area contributed by atoms with E-state index in [1.165, 1.54) is 12.1 Å². The van der Waals surface area contributed by atoms with Crippen molar-refractivity contribution in [2.75, 3.05) is 5.32 Å². The average molecular weight is 224 g/mol. The van der Waals surface area contributed by atoms with Gasteiger partial charge in [0.15, 0.2) is 11.6 Å². The second-order valence-electron chi connectivity index (χ2n) is 3.73. The van der Waals surface area contributed by atoms with E-state index in [1.807, 2.05) is 13.8 Å². The van der Waals surface area contributed by atoms with Crippen LogP contribution in [0.1, 0.15) is 32.3 Å². The minimum Gasteiger partial charge on any atom is -0.380 e. The molecule has 0 fully saturated rings. The molecule has 1 unspecified atom stereocenters. The first kappa shape index (κ1) is 12.4. The van der Waals surface area contributed by atoms with Gasteiger partial charge in [0, 0.05) is 6.04 Å². The first-order chi connectivity index (χ1) is 7.60. The molecule has 0 heterocycles. The summed E-state index contributed by atoms with van der Waals surface area (Å²) in [6.45, 7) is 3.92. The first-order valence-electron chi connectivity index (χ1n) is 5.24. The van der Waals surface area contributed by atoms with Crippen molar-refractivity contribution in [1.82, 2.24) is 0 Å². The van der Waals surface area contributed by atoms with E-state index in [0.717, 1.165) is 12.8 Å². The van der Waals surface area contributed by atoms with Crippen molar-refractivity contribution in [2.45, 2.75) is 32.7 Å². The van der Waals surface area contributed by atoms with Crippen molar-refractivity contribution < 1.29 is 8.78 Å². The molecular formula is C12H14F2N2. The van der Waals surface area contributed by atoms with Crippen LogP contribution >= 0.6 is 0 Å². The summed E-state index contributed by atoms with van der Waals surface area (Å²) in [6, 6.07) is 4.34. The third kappa shape index (κ3) is 2.69. The van der Waals surface area contributed by atoms with Gasteiger partial charge in [0.05, 0.1) is 11.3 Å². The van der Waals surface area contributed by atoms with Crippen LogP contribution in [0.4, 0.5) is 14.5 Å². The van der Waals surface area contributed by atoms with Gasteiger partial charge in [0.2, 0.25) is 0 Å². The molecular weight excluding hydrogens is 210 g/mol. The van der Waals surface area contributed by atoms with E-state index in [1.54, 1.807) is 6.07 Å². The summed E-state index contributed by atoms with van der Waals surface area (Å²) < 4.78 is 26.7. The Labute approximate surface area is 93.9 Å². The van der Waals surface area contributed by atoms with E-state index in [4.69, 9.17) is 5.26 Å². The van der Waals surface area contributed by atoms with Crippen molar-refractivity contribution in [3.8, 4) is 6.07 Å². The predicted molar refractivity (Wildman–Crippen MR) is 59.1 cm³/mol. The van der Waals surface area contributed by atoms with Crippen molar-refractivity contribution in [3.05, 3.63) is 29.3 Å². The molecule has 0 saturated carbocycles. The average Bonchev–Trinajstić information content (AvgIpc) is 2.25. The van der Waals surface area contributed by atoms with E-state index < -0.39 is 11.6 Å².